The molecule has 1 aromatic heterocycles. The maximum Gasteiger partial charge on any atom is 0.281 e. The van der Waals surface area contributed by atoms with Gasteiger partial charge in [0.05, 0.1) is 10.5 Å². The lowest BCUT2D eigenvalue weighted by Crippen LogP contribution is -2.71. The number of amides is 3. The van der Waals surface area contributed by atoms with Gasteiger partial charge in [-0.1, -0.05) is 45.9 Å². The molecule has 1 aromatic carbocycles. The number of aromatic amines is 1. The van der Waals surface area contributed by atoms with Gasteiger partial charge in [0.25, 0.3) is 11.8 Å². The van der Waals surface area contributed by atoms with Gasteiger partial charge in [-0.15, -0.1) is 12.4 Å². The highest BCUT2D eigenvalue weighted by atomic mass is 79.9. The molecule has 0 radical (unpaired) electrons. The van der Waals surface area contributed by atoms with Crippen molar-refractivity contribution in [3.8, 4) is 0 Å². The zero-order valence-electron chi connectivity index (χ0n) is 25.7. The first-order valence-electron chi connectivity index (χ1n) is 15.5. The molecule has 4 aliphatic heterocycles. The first-order chi connectivity index (χ1) is 20.4. The zero-order valence-corrected chi connectivity index (χ0v) is 28.1. The van der Waals surface area contributed by atoms with E-state index >= 15 is 0 Å². The van der Waals surface area contributed by atoms with Crippen molar-refractivity contribution in [3.63, 3.8) is 0 Å². The molecule has 44 heavy (non-hydrogen) atoms. The quantitative estimate of drug-likeness (QED) is 0.442. The number of likely N-dealkylation sites (N-methyl/N-ethyl adjacent to an activating group) is 1. The van der Waals surface area contributed by atoms with Crippen LogP contribution in [0.1, 0.15) is 58.1 Å². The van der Waals surface area contributed by atoms with Crippen molar-refractivity contribution < 1.29 is 24.2 Å². The monoisotopic (exact) mass is 689 g/mol. The number of aliphatic hydroxyl groups is 1. The van der Waals surface area contributed by atoms with Gasteiger partial charge in [-0.3, -0.25) is 28.9 Å². The number of nitrogens with one attached hydrogen (secondary N) is 2. The normalized spacial score (nSPS) is 33.0. The van der Waals surface area contributed by atoms with Gasteiger partial charge in [0.15, 0.2) is 0 Å². The number of H-pyrrole nitrogens is 1. The van der Waals surface area contributed by atoms with Crippen LogP contribution >= 0.6 is 28.3 Å². The van der Waals surface area contributed by atoms with Crippen LogP contribution < -0.4 is 5.32 Å². The van der Waals surface area contributed by atoms with E-state index in [1.165, 1.54) is 15.8 Å². The smallest absolute Gasteiger partial charge is 0.281 e. The average molecular weight is 691 g/mol. The Bertz CT molecular complexity index is 1580. The molecule has 3 fully saturated rings. The fraction of sp³-hybridized carbons (Fsp3) is 0.594. The molecule has 3 saturated heterocycles. The third kappa shape index (κ3) is 4.33. The zero-order chi connectivity index (χ0) is 30.6. The van der Waals surface area contributed by atoms with Crippen molar-refractivity contribution in [1.82, 2.24) is 25.0 Å². The Morgan fingerprint density at radius 1 is 1.25 bits per heavy atom. The van der Waals surface area contributed by atoms with E-state index in [9.17, 15) is 19.5 Å². The average Bonchev–Trinajstić information content (AvgIpc) is 3.63. The van der Waals surface area contributed by atoms with Crippen LogP contribution in [0.25, 0.3) is 16.5 Å². The Morgan fingerprint density at radius 3 is 2.70 bits per heavy atom. The molecule has 2 unspecified atom stereocenters. The summed E-state index contributed by atoms with van der Waals surface area (Å²) in [6.07, 6.45) is 4.49. The summed E-state index contributed by atoms with van der Waals surface area (Å²) < 4.78 is 7.43. The van der Waals surface area contributed by atoms with E-state index < -0.39 is 41.5 Å². The van der Waals surface area contributed by atoms with Crippen LogP contribution in [0.4, 0.5) is 0 Å². The fourth-order valence-corrected chi connectivity index (χ4v) is 8.72. The van der Waals surface area contributed by atoms with E-state index in [1.807, 2.05) is 33.0 Å². The van der Waals surface area contributed by atoms with Gasteiger partial charge >= 0.3 is 0 Å². The third-order valence-corrected chi connectivity index (χ3v) is 10.9. The number of aromatic nitrogens is 1. The van der Waals surface area contributed by atoms with Crippen LogP contribution in [0.3, 0.4) is 0 Å². The highest BCUT2D eigenvalue weighted by molar-refractivity contribution is 9.10. The van der Waals surface area contributed by atoms with Crippen molar-refractivity contribution in [2.75, 3.05) is 20.1 Å². The number of ether oxygens (including phenoxy) is 1. The molecule has 0 bridgehead atoms. The third-order valence-electron chi connectivity index (χ3n) is 10.3. The number of fused-ring (bicyclic) bond motifs is 5. The second kappa shape index (κ2) is 10.8. The van der Waals surface area contributed by atoms with E-state index in [4.69, 9.17) is 4.74 Å². The SMILES string of the molecule is CC(C)C[C@H]1C(=O)N2CCCC2[C@]2(O)O[C@](NC(=O)[C@@H]3C=C4c5cccc6[nH]c(Br)c(c56)CC4N(C)C3)(C(C)C)C(=O)N12.Cl. The van der Waals surface area contributed by atoms with E-state index in [2.05, 4.69) is 43.3 Å². The van der Waals surface area contributed by atoms with E-state index in [1.54, 1.807) is 18.7 Å². The molecule has 2 aromatic rings. The van der Waals surface area contributed by atoms with Gasteiger partial charge in [-0.05, 0) is 77.3 Å². The number of benzene rings is 1. The first-order valence-corrected chi connectivity index (χ1v) is 16.3. The van der Waals surface area contributed by atoms with Crippen LogP contribution in [-0.2, 0) is 25.5 Å². The summed E-state index contributed by atoms with van der Waals surface area (Å²) in [5.41, 5.74) is 2.68. The molecule has 3 N–H and O–H groups in total. The molecule has 0 saturated carbocycles. The molecular weight excluding hydrogens is 650 g/mol. The number of hydrogen-bond acceptors (Lipinski definition) is 6. The largest absolute Gasteiger partial charge is 0.349 e. The molecule has 238 valence electrons. The summed E-state index contributed by atoms with van der Waals surface area (Å²) in [5.74, 6) is -4.01. The maximum atomic E-state index is 14.4. The predicted molar refractivity (Wildman–Crippen MR) is 171 cm³/mol. The van der Waals surface area contributed by atoms with Crippen molar-refractivity contribution in [1.29, 1.82) is 0 Å². The fourth-order valence-electron chi connectivity index (χ4n) is 8.15. The molecular formula is C32H41BrClN5O5. The Morgan fingerprint density at radius 2 is 2.00 bits per heavy atom. The molecule has 6 atom stereocenters. The van der Waals surface area contributed by atoms with Crippen LogP contribution in [0.15, 0.2) is 28.9 Å². The Hall–Kier alpha value is -2.44. The highest BCUT2D eigenvalue weighted by Gasteiger charge is 2.72. The number of rotatable bonds is 5. The standard InChI is InChI=1S/C32H40BrN5O5.ClH/c1-16(2)12-24-29(40)37-11-7-10-25(37)32(42)38(24)30(41)31(43-32,17(3)4)35-28(39)18-13-20-19-8-6-9-22-26(19)21(27(33)34-22)14-23(20)36(5)15-18;/h6,8-9,13,16-18,23-25,34,42H,7,10-12,14-15H2,1-5H3,(H,35,39);1H/t18-,23?,24+,25?,31-,32+;/m1./s1. The second-order valence-electron chi connectivity index (χ2n) is 13.7. The number of halogens is 2. The molecule has 1 aliphatic carbocycles. The first kappa shape index (κ1) is 31.5. The number of nitrogens with zero attached hydrogens (tertiary/aromatic N) is 3. The number of hydrogen-bond donors (Lipinski definition) is 3. The minimum atomic E-state index is -2.01. The van der Waals surface area contributed by atoms with E-state index in [-0.39, 0.29) is 36.2 Å². The van der Waals surface area contributed by atoms with Crippen LogP contribution in [0, 0.1) is 17.8 Å². The lowest BCUT2D eigenvalue weighted by Gasteiger charge is -2.49. The molecule has 0 spiro atoms. The Labute approximate surface area is 272 Å². The lowest BCUT2D eigenvalue weighted by molar-refractivity contribution is -0.322. The predicted octanol–water partition coefficient (Wildman–Crippen LogP) is 3.61. The molecule has 3 amide bonds. The highest BCUT2D eigenvalue weighted by Crippen LogP contribution is 2.49. The summed E-state index contributed by atoms with van der Waals surface area (Å²) in [5, 5.41) is 16.3. The van der Waals surface area contributed by atoms with Gasteiger partial charge in [0.2, 0.25) is 17.5 Å². The molecule has 10 nitrogen and oxygen atoms in total. The van der Waals surface area contributed by atoms with Gasteiger partial charge in [-0.25, -0.2) is 0 Å². The van der Waals surface area contributed by atoms with Crippen molar-refractivity contribution in [3.05, 3.63) is 40.0 Å². The van der Waals surface area contributed by atoms with Gasteiger partial charge in [0.1, 0.15) is 12.1 Å². The summed E-state index contributed by atoms with van der Waals surface area (Å²) in [7, 11) is 2.03. The Kier molecular flexibility index (Phi) is 7.76. The second-order valence-corrected chi connectivity index (χ2v) is 14.5. The number of carbonyl (C=O) groups is 3. The van der Waals surface area contributed by atoms with Crippen molar-refractivity contribution >= 4 is 62.5 Å². The van der Waals surface area contributed by atoms with Crippen molar-refractivity contribution in [2.45, 2.75) is 83.1 Å². The summed E-state index contributed by atoms with van der Waals surface area (Å²) >= 11 is 3.70. The van der Waals surface area contributed by atoms with Gasteiger partial charge in [-0.2, -0.15) is 0 Å². The minimum Gasteiger partial charge on any atom is -0.349 e. The molecule has 5 aliphatic rings. The summed E-state index contributed by atoms with van der Waals surface area (Å²) in [6.45, 7) is 8.57. The van der Waals surface area contributed by atoms with Gasteiger partial charge < -0.3 is 20.3 Å². The number of carbonyl (C=O) groups excluding carboxylic acids is 3. The van der Waals surface area contributed by atoms with Crippen LogP contribution in [-0.4, -0.2) is 92.4 Å². The van der Waals surface area contributed by atoms with Gasteiger partial charge in [0, 0.05) is 36.0 Å². The van der Waals surface area contributed by atoms with Crippen LogP contribution in [0.5, 0.6) is 0 Å². The molecule has 5 heterocycles. The maximum absolute atomic E-state index is 14.4. The summed E-state index contributed by atoms with van der Waals surface area (Å²) in [4.78, 5) is 50.8. The van der Waals surface area contributed by atoms with E-state index in [0.717, 1.165) is 34.1 Å². The topological polar surface area (TPSA) is 118 Å². The Balaban J connectivity index is 0.00000343. The minimum absolute atomic E-state index is 0. The molecule has 7 rings (SSSR count). The van der Waals surface area contributed by atoms with Crippen molar-refractivity contribution in [2.24, 2.45) is 17.8 Å². The lowest BCUT2D eigenvalue weighted by atomic mass is 9.79. The van der Waals surface area contributed by atoms with Crippen LogP contribution in [0.2, 0.25) is 0 Å². The number of piperazine rings is 1. The molecule has 12 heteroatoms. The summed E-state index contributed by atoms with van der Waals surface area (Å²) in [6, 6.07) is 4.76. The van der Waals surface area contributed by atoms with E-state index in [0.29, 0.717) is 25.9 Å².